The van der Waals surface area contributed by atoms with E-state index in [0.29, 0.717) is 31.0 Å². The van der Waals surface area contributed by atoms with Gasteiger partial charge in [-0.3, -0.25) is 4.79 Å². The summed E-state index contributed by atoms with van der Waals surface area (Å²) < 4.78 is 26.2. The second-order valence-corrected chi connectivity index (χ2v) is 7.41. The standard InChI is InChI=1S/C16H24N2O3S/c1-3-18(4-2)22(20,21)15-9-7-14(8-10-15)11-13-17-12-5-6-16(17)19/h7-10H,3-6,11-13H2,1-2H3. The molecule has 0 radical (unpaired) electrons. The van der Waals surface area contributed by atoms with Crippen LogP contribution in [0.2, 0.25) is 0 Å². The number of carbonyl (C=O) groups is 1. The minimum atomic E-state index is -3.39. The number of likely N-dealkylation sites (tertiary alicyclic amines) is 1. The summed E-state index contributed by atoms with van der Waals surface area (Å²) in [5.74, 6) is 0.223. The second-order valence-electron chi connectivity index (χ2n) is 5.47. The zero-order valence-corrected chi connectivity index (χ0v) is 14.1. The maximum absolute atomic E-state index is 12.4. The van der Waals surface area contributed by atoms with Crippen LogP contribution in [0.15, 0.2) is 29.2 Å². The maximum atomic E-state index is 12.4. The Morgan fingerprint density at radius 1 is 1.14 bits per heavy atom. The van der Waals surface area contributed by atoms with Crippen LogP contribution in [0.25, 0.3) is 0 Å². The molecule has 0 aromatic heterocycles. The molecule has 0 spiro atoms. The molecule has 0 aliphatic carbocycles. The molecule has 122 valence electrons. The van der Waals surface area contributed by atoms with Crippen molar-refractivity contribution in [2.45, 2.75) is 38.0 Å². The predicted molar refractivity (Wildman–Crippen MR) is 86.1 cm³/mol. The van der Waals surface area contributed by atoms with Crippen molar-refractivity contribution in [3.05, 3.63) is 29.8 Å². The number of sulfonamides is 1. The van der Waals surface area contributed by atoms with Gasteiger partial charge in [-0.15, -0.1) is 0 Å². The molecule has 1 aliphatic rings. The molecule has 22 heavy (non-hydrogen) atoms. The van der Waals surface area contributed by atoms with Crippen molar-refractivity contribution in [2.24, 2.45) is 0 Å². The van der Waals surface area contributed by atoms with Gasteiger partial charge in [0.25, 0.3) is 0 Å². The van der Waals surface area contributed by atoms with Crippen LogP contribution >= 0.6 is 0 Å². The van der Waals surface area contributed by atoms with Crippen LogP contribution in [0.3, 0.4) is 0 Å². The zero-order valence-electron chi connectivity index (χ0n) is 13.3. The first kappa shape index (κ1) is 17.0. The fourth-order valence-electron chi connectivity index (χ4n) is 2.75. The van der Waals surface area contributed by atoms with Crippen molar-refractivity contribution in [3.8, 4) is 0 Å². The lowest BCUT2D eigenvalue weighted by molar-refractivity contribution is -0.127. The van der Waals surface area contributed by atoms with Crippen LogP contribution in [0, 0.1) is 0 Å². The second kappa shape index (κ2) is 7.24. The quantitative estimate of drug-likeness (QED) is 0.769. The minimum Gasteiger partial charge on any atom is -0.342 e. The molecule has 0 saturated carbocycles. The summed E-state index contributed by atoms with van der Waals surface area (Å²) in [6, 6.07) is 7.01. The Morgan fingerprint density at radius 3 is 2.27 bits per heavy atom. The third-order valence-corrected chi connectivity index (χ3v) is 6.17. The van der Waals surface area contributed by atoms with Gasteiger partial charge in [-0.2, -0.15) is 4.31 Å². The average molecular weight is 324 g/mol. The molecule has 1 aromatic rings. The molecule has 0 N–H and O–H groups in total. The van der Waals surface area contributed by atoms with E-state index >= 15 is 0 Å². The van der Waals surface area contributed by atoms with Gasteiger partial charge in [0.1, 0.15) is 0 Å². The molecule has 1 saturated heterocycles. The van der Waals surface area contributed by atoms with Gasteiger partial charge >= 0.3 is 0 Å². The minimum absolute atomic E-state index is 0.223. The first-order valence-corrected chi connectivity index (χ1v) is 9.30. The predicted octanol–water partition coefficient (Wildman–Crippen LogP) is 1.88. The third kappa shape index (κ3) is 3.67. The fraction of sp³-hybridized carbons (Fsp3) is 0.562. The molecule has 6 heteroatoms. The Bertz CT molecular complexity index is 607. The largest absolute Gasteiger partial charge is 0.342 e. The van der Waals surface area contributed by atoms with Gasteiger partial charge in [0.2, 0.25) is 15.9 Å². The van der Waals surface area contributed by atoms with Gasteiger partial charge in [0, 0.05) is 32.6 Å². The first-order chi connectivity index (χ1) is 10.5. The summed E-state index contributed by atoms with van der Waals surface area (Å²) in [6.45, 7) is 6.16. The van der Waals surface area contributed by atoms with E-state index in [0.717, 1.165) is 24.9 Å². The number of benzene rings is 1. The van der Waals surface area contributed by atoms with E-state index in [1.807, 2.05) is 30.9 Å². The van der Waals surface area contributed by atoms with E-state index in [1.54, 1.807) is 12.1 Å². The normalized spacial score (nSPS) is 15.8. The molecule has 1 fully saturated rings. The van der Waals surface area contributed by atoms with E-state index in [2.05, 4.69) is 0 Å². The maximum Gasteiger partial charge on any atom is 0.243 e. The van der Waals surface area contributed by atoms with Crippen LogP contribution < -0.4 is 0 Å². The van der Waals surface area contributed by atoms with E-state index in [4.69, 9.17) is 0 Å². The van der Waals surface area contributed by atoms with Crippen LogP contribution in [-0.2, 0) is 21.2 Å². The Kier molecular flexibility index (Phi) is 5.58. The van der Waals surface area contributed by atoms with Crippen LogP contribution in [0.1, 0.15) is 32.3 Å². The van der Waals surface area contributed by atoms with Gasteiger partial charge in [0.15, 0.2) is 0 Å². The highest BCUT2D eigenvalue weighted by molar-refractivity contribution is 7.89. The monoisotopic (exact) mass is 324 g/mol. The molecular formula is C16H24N2O3S. The van der Waals surface area contributed by atoms with Crippen molar-refractivity contribution in [1.82, 2.24) is 9.21 Å². The summed E-state index contributed by atoms with van der Waals surface area (Å²) in [5, 5.41) is 0. The smallest absolute Gasteiger partial charge is 0.243 e. The summed E-state index contributed by atoms with van der Waals surface area (Å²) in [6.07, 6.45) is 2.36. The van der Waals surface area contributed by atoms with Gasteiger partial charge in [0.05, 0.1) is 4.90 Å². The topological polar surface area (TPSA) is 57.7 Å². The summed E-state index contributed by atoms with van der Waals surface area (Å²) in [7, 11) is -3.39. The van der Waals surface area contributed by atoms with Crippen LogP contribution in [0.4, 0.5) is 0 Å². The van der Waals surface area contributed by atoms with E-state index < -0.39 is 10.0 Å². The third-order valence-electron chi connectivity index (χ3n) is 4.11. The molecule has 0 unspecified atom stereocenters. The summed E-state index contributed by atoms with van der Waals surface area (Å²) in [5.41, 5.74) is 1.05. The van der Waals surface area contributed by atoms with Gasteiger partial charge in [-0.1, -0.05) is 26.0 Å². The van der Waals surface area contributed by atoms with E-state index in [9.17, 15) is 13.2 Å². The number of rotatable bonds is 7. The Labute approximate surface area is 133 Å². The van der Waals surface area contributed by atoms with Crippen molar-refractivity contribution in [1.29, 1.82) is 0 Å². The van der Waals surface area contributed by atoms with Crippen molar-refractivity contribution in [3.63, 3.8) is 0 Å². The van der Waals surface area contributed by atoms with E-state index in [1.165, 1.54) is 4.31 Å². The van der Waals surface area contributed by atoms with Gasteiger partial charge < -0.3 is 4.90 Å². The number of carbonyl (C=O) groups excluding carboxylic acids is 1. The SMILES string of the molecule is CCN(CC)S(=O)(=O)c1ccc(CCN2CCCC2=O)cc1. The Morgan fingerprint density at radius 2 is 1.77 bits per heavy atom. The molecule has 2 rings (SSSR count). The lowest BCUT2D eigenvalue weighted by Gasteiger charge is -2.19. The zero-order chi connectivity index (χ0) is 16.2. The van der Waals surface area contributed by atoms with E-state index in [-0.39, 0.29) is 5.91 Å². The molecule has 5 nitrogen and oxygen atoms in total. The lowest BCUT2D eigenvalue weighted by atomic mass is 10.1. The Balaban J connectivity index is 2.02. The highest BCUT2D eigenvalue weighted by Crippen LogP contribution is 2.17. The number of hydrogen-bond acceptors (Lipinski definition) is 3. The molecule has 1 heterocycles. The fourth-order valence-corrected chi connectivity index (χ4v) is 4.20. The molecule has 1 aliphatic heterocycles. The molecular weight excluding hydrogens is 300 g/mol. The molecule has 0 atom stereocenters. The molecule has 1 aromatic carbocycles. The number of amides is 1. The highest BCUT2D eigenvalue weighted by Gasteiger charge is 2.22. The summed E-state index contributed by atoms with van der Waals surface area (Å²) >= 11 is 0. The molecule has 0 bridgehead atoms. The van der Waals surface area contributed by atoms with Crippen molar-refractivity contribution in [2.75, 3.05) is 26.2 Å². The average Bonchev–Trinajstić information content (AvgIpc) is 2.92. The van der Waals surface area contributed by atoms with Crippen molar-refractivity contribution < 1.29 is 13.2 Å². The number of hydrogen-bond donors (Lipinski definition) is 0. The lowest BCUT2D eigenvalue weighted by Crippen LogP contribution is -2.30. The van der Waals surface area contributed by atoms with Crippen molar-refractivity contribution >= 4 is 15.9 Å². The van der Waals surface area contributed by atoms with Gasteiger partial charge in [-0.25, -0.2) is 8.42 Å². The highest BCUT2D eigenvalue weighted by atomic mass is 32.2. The van der Waals surface area contributed by atoms with Gasteiger partial charge in [-0.05, 0) is 30.5 Å². The summed E-state index contributed by atoms with van der Waals surface area (Å²) in [4.78, 5) is 13.8. The first-order valence-electron chi connectivity index (χ1n) is 7.86. The molecule has 1 amide bonds. The Hall–Kier alpha value is -1.40. The van der Waals surface area contributed by atoms with Crippen LogP contribution in [-0.4, -0.2) is 49.7 Å². The number of nitrogens with zero attached hydrogens (tertiary/aromatic N) is 2. The van der Waals surface area contributed by atoms with Crippen LogP contribution in [0.5, 0.6) is 0 Å².